The minimum absolute atomic E-state index is 0.308. The van der Waals surface area contributed by atoms with Gasteiger partial charge in [0.1, 0.15) is 0 Å². The van der Waals surface area contributed by atoms with Gasteiger partial charge in [0.05, 0.1) is 18.8 Å². The van der Waals surface area contributed by atoms with Crippen LogP contribution in [0.15, 0.2) is 78.3 Å². The van der Waals surface area contributed by atoms with E-state index in [-0.39, 0.29) is 0 Å². The number of nitrogens with one attached hydrogen (secondary N) is 1. The number of hydrogen-bond donors (Lipinski definition) is 1. The van der Waals surface area contributed by atoms with E-state index < -0.39 is 0 Å². The first-order valence-corrected chi connectivity index (χ1v) is 12.0. The molecule has 0 aliphatic carbocycles. The molecule has 0 spiro atoms. The Morgan fingerprint density at radius 1 is 0.909 bits per heavy atom. The predicted octanol–water partition coefficient (Wildman–Crippen LogP) is 3.59. The van der Waals surface area contributed by atoms with Crippen LogP contribution in [0.1, 0.15) is 36.9 Å². The second-order valence-corrected chi connectivity index (χ2v) is 8.52. The summed E-state index contributed by atoms with van der Waals surface area (Å²) in [6, 6.07) is 22.0. The molecule has 0 aromatic heterocycles. The number of ether oxygens (including phenoxy) is 1. The minimum atomic E-state index is 0.308. The molecule has 2 aromatic carbocycles. The van der Waals surface area contributed by atoms with Crippen LogP contribution < -0.4 is 5.43 Å². The lowest BCUT2D eigenvalue weighted by molar-refractivity contribution is 0.107. The van der Waals surface area contributed by atoms with E-state index in [0.717, 1.165) is 52.1 Å². The summed E-state index contributed by atoms with van der Waals surface area (Å²) in [5.74, 6) is 2.49. The Bertz CT molecular complexity index is 909. The van der Waals surface area contributed by atoms with Gasteiger partial charge in [-0.2, -0.15) is 0 Å². The van der Waals surface area contributed by atoms with E-state index in [1.807, 2.05) is 24.1 Å². The molecule has 1 N–H and O–H groups in total. The van der Waals surface area contributed by atoms with E-state index in [1.165, 1.54) is 11.1 Å². The van der Waals surface area contributed by atoms with Gasteiger partial charge in [-0.25, -0.2) is 4.79 Å². The fraction of sp³-hybridized carbons (Fsp3) is 0.407. The van der Waals surface area contributed by atoms with E-state index >= 15 is 0 Å². The van der Waals surface area contributed by atoms with E-state index in [9.17, 15) is 4.79 Å². The maximum Gasteiger partial charge on any atom is 0.182 e. The Morgan fingerprint density at radius 2 is 1.52 bits per heavy atom. The van der Waals surface area contributed by atoms with E-state index in [1.54, 1.807) is 0 Å². The summed E-state index contributed by atoms with van der Waals surface area (Å²) in [7, 11) is 0. The lowest BCUT2D eigenvalue weighted by atomic mass is 9.96. The lowest BCUT2D eigenvalue weighted by Crippen LogP contribution is -2.48. The molecule has 1 saturated heterocycles. The van der Waals surface area contributed by atoms with Gasteiger partial charge in [-0.1, -0.05) is 60.7 Å². The highest BCUT2D eigenvalue weighted by Crippen LogP contribution is 2.29. The number of carbonyl (C=O) groups excluding carboxylic acids is 1. The molecule has 0 atom stereocenters. The van der Waals surface area contributed by atoms with Gasteiger partial charge in [-0.15, -0.1) is 0 Å². The molecule has 2 aliphatic rings. The third-order valence-corrected chi connectivity index (χ3v) is 6.30. The number of rotatable bonds is 10. The van der Waals surface area contributed by atoms with Crippen LogP contribution in [-0.2, 0) is 9.53 Å². The second kappa shape index (κ2) is 11.7. The molecule has 33 heavy (non-hydrogen) atoms. The zero-order chi connectivity index (χ0) is 22.9. The van der Waals surface area contributed by atoms with Gasteiger partial charge in [0, 0.05) is 32.7 Å². The lowest BCUT2D eigenvalue weighted by Gasteiger charge is -2.40. The SMILES string of the molecule is CCOC1=CN(CCCCN2CCN(C(c3ccccc3)c3ccccc3)CC2)NC1=C=O. The first-order valence-electron chi connectivity index (χ1n) is 12.0. The summed E-state index contributed by atoms with van der Waals surface area (Å²) in [4.78, 5) is 16.2. The first-order chi connectivity index (χ1) is 16.3. The molecule has 0 unspecified atom stereocenters. The van der Waals surface area contributed by atoms with Crippen LogP contribution in [0.5, 0.6) is 0 Å². The molecule has 6 heteroatoms. The summed E-state index contributed by atoms with van der Waals surface area (Å²) in [5, 5.41) is 1.92. The number of nitrogens with zero attached hydrogens (tertiary/aromatic N) is 3. The van der Waals surface area contributed by atoms with Crippen LogP contribution in [0.2, 0.25) is 0 Å². The van der Waals surface area contributed by atoms with Crippen LogP contribution in [0.25, 0.3) is 0 Å². The average Bonchev–Trinajstić information content (AvgIpc) is 3.26. The van der Waals surface area contributed by atoms with Crippen molar-refractivity contribution in [1.82, 2.24) is 20.2 Å². The van der Waals surface area contributed by atoms with Crippen LogP contribution in [-0.4, -0.2) is 66.6 Å². The van der Waals surface area contributed by atoms with Gasteiger partial charge >= 0.3 is 0 Å². The summed E-state index contributed by atoms with van der Waals surface area (Å²) >= 11 is 0. The molecule has 2 aliphatic heterocycles. The molecular formula is C27H34N4O2. The molecule has 0 bridgehead atoms. The van der Waals surface area contributed by atoms with Crippen LogP contribution in [0.4, 0.5) is 0 Å². The van der Waals surface area contributed by atoms with Crippen molar-refractivity contribution in [2.45, 2.75) is 25.8 Å². The highest BCUT2D eigenvalue weighted by Gasteiger charge is 2.26. The molecule has 1 fully saturated rings. The molecule has 6 nitrogen and oxygen atoms in total. The van der Waals surface area contributed by atoms with Gasteiger partial charge in [-0.05, 0) is 37.4 Å². The Balaban J connectivity index is 1.24. The van der Waals surface area contributed by atoms with E-state index in [0.29, 0.717) is 24.1 Å². The van der Waals surface area contributed by atoms with Crippen molar-refractivity contribution in [3.8, 4) is 0 Å². The summed E-state index contributed by atoms with van der Waals surface area (Å²) in [6.45, 7) is 8.69. The van der Waals surface area contributed by atoms with Gasteiger partial charge in [-0.3, -0.25) is 15.3 Å². The standard InChI is InChI=1S/C27H34N4O2/c1-2-33-26-21-31(28-25(26)22-32)16-10-9-15-29-17-19-30(20-18-29)27(23-11-5-3-6-12-23)24-13-7-4-8-14-24/h3-8,11-14,21,27-28H,2,9-10,15-20H2,1H3. The second-order valence-electron chi connectivity index (χ2n) is 8.52. The molecule has 2 aromatic rings. The summed E-state index contributed by atoms with van der Waals surface area (Å²) in [6.07, 6.45) is 4.03. The Labute approximate surface area is 197 Å². The third kappa shape index (κ3) is 6.05. The number of benzene rings is 2. The van der Waals surface area contributed by atoms with Crippen molar-refractivity contribution in [3.63, 3.8) is 0 Å². The number of hydrogen-bond acceptors (Lipinski definition) is 6. The van der Waals surface area contributed by atoms with Crippen molar-refractivity contribution in [3.05, 3.63) is 89.4 Å². The normalized spacial score (nSPS) is 17.1. The third-order valence-electron chi connectivity index (χ3n) is 6.30. The number of unbranched alkanes of at least 4 members (excludes halogenated alkanes) is 1. The number of piperazine rings is 1. The zero-order valence-corrected chi connectivity index (χ0v) is 19.5. The zero-order valence-electron chi connectivity index (χ0n) is 19.5. The van der Waals surface area contributed by atoms with E-state index in [4.69, 9.17) is 4.74 Å². The first kappa shape index (κ1) is 23.1. The van der Waals surface area contributed by atoms with Crippen LogP contribution >= 0.6 is 0 Å². The fourth-order valence-corrected chi connectivity index (χ4v) is 4.64. The molecule has 2 heterocycles. The van der Waals surface area contributed by atoms with Crippen molar-refractivity contribution in [2.75, 3.05) is 45.9 Å². The maximum absolute atomic E-state index is 11.0. The molecule has 174 valence electrons. The minimum Gasteiger partial charge on any atom is -0.489 e. The Morgan fingerprint density at radius 3 is 2.09 bits per heavy atom. The van der Waals surface area contributed by atoms with E-state index in [2.05, 4.69) is 75.9 Å². The monoisotopic (exact) mass is 446 g/mol. The molecule has 0 amide bonds. The topological polar surface area (TPSA) is 48.1 Å². The summed E-state index contributed by atoms with van der Waals surface area (Å²) in [5.41, 5.74) is 6.16. The quantitative estimate of drug-likeness (QED) is 0.445. The van der Waals surface area contributed by atoms with Gasteiger partial charge < -0.3 is 9.64 Å². The van der Waals surface area contributed by atoms with Crippen molar-refractivity contribution >= 4 is 5.94 Å². The van der Waals surface area contributed by atoms with Gasteiger partial charge in [0.15, 0.2) is 17.4 Å². The smallest absolute Gasteiger partial charge is 0.182 e. The highest BCUT2D eigenvalue weighted by atomic mass is 16.5. The highest BCUT2D eigenvalue weighted by molar-refractivity contribution is 5.59. The Hall–Kier alpha value is -3.05. The van der Waals surface area contributed by atoms with Gasteiger partial charge in [0.2, 0.25) is 0 Å². The van der Waals surface area contributed by atoms with Crippen molar-refractivity contribution in [1.29, 1.82) is 0 Å². The maximum atomic E-state index is 11.0. The molecular weight excluding hydrogens is 412 g/mol. The van der Waals surface area contributed by atoms with Gasteiger partial charge in [0.25, 0.3) is 0 Å². The van der Waals surface area contributed by atoms with Crippen molar-refractivity contribution < 1.29 is 9.53 Å². The largest absolute Gasteiger partial charge is 0.489 e. The molecule has 0 saturated carbocycles. The average molecular weight is 447 g/mol. The van der Waals surface area contributed by atoms with Crippen molar-refractivity contribution in [2.24, 2.45) is 0 Å². The Kier molecular flexibility index (Phi) is 8.20. The van der Waals surface area contributed by atoms with Crippen LogP contribution in [0, 0.1) is 0 Å². The summed E-state index contributed by atoms with van der Waals surface area (Å²) < 4.78 is 5.48. The molecule has 0 radical (unpaired) electrons. The molecule has 4 rings (SSSR count). The number of hydrazine groups is 1. The van der Waals surface area contributed by atoms with Crippen LogP contribution in [0.3, 0.4) is 0 Å². The fourth-order valence-electron chi connectivity index (χ4n) is 4.64. The predicted molar refractivity (Wildman–Crippen MR) is 131 cm³/mol.